The van der Waals surface area contributed by atoms with Gasteiger partial charge < -0.3 is 9.13 Å². The fraction of sp³-hybridized carbons (Fsp3) is 0.111. The number of nitrogens with zero attached hydrogens (tertiary/aromatic N) is 2. The maximum atomic E-state index is 9.42. The first-order valence-corrected chi connectivity index (χ1v) is 21.4. The zero-order chi connectivity index (χ0) is 50.8. The molecular formula is C54H44N2Si. The van der Waals surface area contributed by atoms with E-state index in [4.69, 9.17) is 12.3 Å². The maximum absolute atomic E-state index is 9.42. The van der Waals surface area contributed by atoms with Crippen molar-refractivity contribution in [1.29, 1.82) is 0 Å². The third-order valence-corrected chi connectivity index (χ3v) is 16.1. The fourth-order valence-corrected chi connectivity index (χ4v) is 13.1. The Morgan fingerprint density at radius 1 is 0.404 bits per heavy atom. The molecule has 0 radical (unpaired) electrons. The molecule has 0 atom stereocenters. The minimum atomic E-state index is -5.24. The molecular weight excluding hydrogens is 705 g/mol. The number of hydrogen-bond acceptors (Lipinski definition) is 0. The van der Waals surface area contributed by atoms with Crippen molar-refractivity contribution in [3.63, 3.8) is 0 Å². The van der Waals surface area contributed by atoms with Gasteiger partial charge in [0.15, 0.2) is 8.07 Å². The molecule has 1 aliphatic rings. The molecule has 2 nitrogen and oxygen atoms in total. The van der Waals surface area contributed by atoms with Crippen LogP contribution >= 0.6 is 0 Å². The summed E-state index contributed by atoms with van der Waals surface area (Å²) in [6.07, 6.45) is 6.18. The van der Waals surface area contributed by atoms with E-state index < -0.39 is 114 Å². The van der Waals surface area contributed by atoms with E-state index in [2.05, 4.69) is 65.2 Å². The van der Waals surface area contributed by atoms with Crippen molar-refractivity contribution in [2.45, 2.75) is 38.0 Å². The molecule has 11 rings (SSSR count). The Bertz CT molecular complexity index is 3680. The Hall–Kier alpha value is -6.42. The molecule has 3 heteroatoms. The molecule has 0 bridgehead atoms. The number of rotatable bonds is 7. The van der Waals surface area contributed by atoms with Crippen LogP contribution in [-0.4, -0.2) is 17.2 Å². The third-order valence-electron chi connectivity index (χ3n) is 11.9. The lowest BCUT2D eigenvalue weighted by Gasteiger charge is -2.34. The topological polar surface area (TPSA) is 9.86 Å². The average molecular weight is 764 g/mol. The van der Waals surface area contributed by atoms with Gasteiger partial charge in [-0.05, 0) is 99.7 Å². The van der Waals surface area contributed by atoms with E-state index in [0.29, 0.717) is 11.6 Å². The normalized spacial score (nSPS) is 17.6. The van der Waals surface area contributed by atoms with Gasteiger partial charge in [0, 0.05) is 32.9 Å². The molecule has 2 heterocycles. The Kier molecular flexibility index (Phi) is 5.33. The molecule has 0 unspecified atom stereocenters. The van der Waals surface area contributed by atoms with Crippen molar-refractivity contribution < 1.29 is 20.6 Å². The van der Waals surface area contributed by atoms with E-state index in [1.54, 1.807) is 24.3 Å². The van der Waals surface area contributed by atoms with Crippen LogP contribution in [0.25, 0.3) is 55.0 Å². The predicted octanol–water partition coefficient (Wildman–Crippen LogP) is 11.3. The summed E-state index contributed by atoms with van der Waals surface area (Å²) in [5.74, 6) is 0.550. The largest absolute Gasteiger partial charge is 0.309 e. The molecule has 0 N–H and O–H groups in total. The van der Waals surface area contributed by atoms with Gasteiger partial charge in [-0.1, -0.05) is 164 Å². The fourth-order valence-electron chi connectivity index (χ4n) is 9.32. The van der Waals surface area contributed by atoms with Gasteiger partial charge in [0.25, 0.3) is 0 Å². The van der Waals surface area contributed by atoms with Crippen molar-refractivity contribution in [3.8, 4) is 11.4 Å². The summed E-state index contributed by atoms with van der Waals surface area (Å²) >= 11 is 0. The minimum Gasteiger partial charge on any atom is -0.309 e. The molecule has 0 saturated heterocycles. The smallest absolute Gasteiger partial charge is 0.179 e. The van der Waals surface area contributed by atoms with Crippen molar-refractivity contribution in [3.05, 3.63) is 205 Å². The van der Waals surface area contributed by atoms with E-state index in [1.165, 1.54) is 48.4 Å². The third kappa shape index (κ3) is 5.44. The summed E-state index contributed by atoms with van der Waals surface area (Å²) in [5.41, 5.74) is 6.78. The number of aromatic nitrogens is 2. The van der Waals surface area contributed by atoms with Crippen molar-refractivity contribution in [1.82, 2.24) is 9.13 Å². The van der Waals surface area contributed by atoms with Crippen LogP contribution in [0.2, 0.25) is 0 Å². The molecule has 0 aliphatic heterocycles. The molecule has 274 valence electrons. The SMILES string of the molecule is [2H]c1c([2H])c([2H])c([Si](c2ccc(-n3c4ccccc4c4cc(-n5c6ccccc6c6cc(C7CCCCC7)ccc65)ccc43)cc2)(c2c([2H])c([2H])c([2H])c([2H])c2[2H])c2c([2H])c([2H])c([2H])c([2H])c2[2H])c([2H])c1[2H]. The Morgan fingerprint density at radius 2 is 0.860 bits per heavy atom. The quantitative estimate of drug-likeness (QED) is 0.113. The van der Waals surface area contributed by atoms with Gasteiger partial charge in [-0.25, -0.2) is 0 Å². The van der Waals surface area contributed by atoms with Gasteiger partial charge in [-0.3, -0.25) is 0 Å². The van der Waals surface area contributed by atoms with E-state index in [1.807, 2.05) is 28.8 Å². The molecule has 57 heavy (non-hydrogen) atoms. The standard InChI is InChI=1S/C54H44N2Si/c1-5-17-39(18-6-1)40-29-35-53-49(37-40)47-25-13-16-28-52(47)56(53)42-32-36-54-50(38-42)48-26-14-15-27-51(48)55(54)41-30-33-46(34-31-41)57(43-19-7-2-8-20-43,44-21-9-3-10-22-44)45-23-11-4-12-24-45/h2-4,7-16,19-39H,1,5-6,17-18H2/i2D,3D,4D,7D,8D,9D,10D,11D,12D,19D,20D,21D,22D,23D,24D. The highest BCUT2D eigenvalue weighted by Gasteiger charge is 2.41. The first-order chi connectivity index (χ1) is 34.5. The zero-order valence-electron chi connectivity index (χ0n) is 45.9. The predicted molar refractivity (Wildman–Crippen MR) is 245 cm³/mol. The number of para-hydroxylation sites is 2. The Labute approximate surface area is 356 Å². The zero-order valence-corrected chi connectivity index (χ0v) is 31.9. The first kappa shape index (κ1) is 21.8. The van der Waals surface area contributed by atoms with E-state index in [0.717, 1.165) is 38.5 Å². The van der Waals surface area contributed by atoms with Gasteiger partial charge in [0.2, 0.25) is 0 Å². The van der Waals surface area contributed by atoms with Crippen LogP contribution < -0.4 is 20.7 Å². The van der Waals surface area contributed by atoms with Crippen LogP contribution in [-0.2, 0) is 0 Å². The van der Waals surface area contributed by atoms with Crippen LogP contribution in [0, 0.1) is 0 Å². The molecule has 10 aromatic rings. The van der Waals surface area contributed by atoms with Crippen LogP contribution in [0.3, 0.4) is 0 Å². The summed E-state index contributed by atoms with van der Waals surface area (Å²) in [7, 11) is -5.24. The highest BCUT2D eigenvalue weighted by Crippen LogP contribution is 2.39. The molecule has 0 spiro atoms. The molecule has 1 fully saturated rings. The Morgan fingerprint density at radius 3 is 1.42 bits per heavy atom. The van der Waals surface area contributed by atoms with Crippen molar-refractivity contribution in [2.24, 2.45) is 0 Å². The summed E-state index contributed by atoms with van der Waals surface area (Å²) in [6.45, 7) is 0. The van der Waals surface area contributed by atoms with E-state index >= 15 is 0 Å². The van der Waals surface area contributed by atoms with E-state index in [-0.39, 0.29) is 5.19 Å². The number of hydrogen-bond donors (Lipinski definition) is 0. The highest BCUT2D eigenvalue weighted by atomic mass is 28.3. The van der Waals surface area contributed by atoms with Crippen LogP contribution in [0.1, 0.15) is 64.1 Å². The van der Waals surface area contributed by atoms with Gasteiger partial charge in [0.1, 0.15) is 0 Å². The second-order valence-electron chi connectivity index (χ2n) is 14.8. The molecule has 1 aliphatic carbocycles. The summed E-state index contributed by atoms with van der Waals surface area (Å²) < 4.78 is 139. The van der Waals surface area contributed by atoms with Crippen LogP contribution in [0.4, 0.5) is 0 Å². The summed E-state index contributed by atoms with van der Waals surface area (Å²) in [5, 5.41) is 2.71. The average Bonchev–Trinajstić information content (AvgIpc) is 3.92. The summed E-state index contributed by atoms with van der Waals surface area (Å²) in [4.78, 5) is 0. The van der Waals surface area contributed by atoms with Gasteiger partial charge in [-0.15, -0.1) is 0 Å². The number of fused-ring (bicyclic) bond motifs is 6. The monoisotopic (exact) mass is 763 g/mol. The van der Waals surface area contributed by atoms with Crippen LogP contribution in [0.5, 0.6) is 0 Å². The summed E-state index contributed by atoms with van der Waals surface area (Å²) in [6, 6.07) is 24.1. The van der Waals surface area contributed by atoms with Gasteiger partial charge in [0.05, 0.1) is 42.6 Å². The second kappa shape index (κ2) is 13.9. The lowest BCUT2D eigenvalue weighted by Crippen LogP contribution is -2.74. The van der Waals surface area contributed by atoms with Crippen molar-refractivity contribution in [2.75, 3.05) is 0 Å². The molecule has 8 aromatic carbocycles. The van der Waals surface area contributed by atoms with Gasteiger partial charge >= 0.3 is 0 Å². The molecule has 0 amide bonds. The minimum absolute atomic E-state index is 0.0444. The maximum Gasteiger partial charge on any atom is 0.179 e. The van der Waals surface area contributed by atoms with Crippen LogP contribution in [0.15, 0.2) is 200 Å². The van der Waals surface area contributed by atoms with E-state index in [9.17, 15) is 8.22 Å². The first-order valence-electron chi connectivity index (χ1n) is 26.9. The number of benzene rings is 8. The van der Waals surface area contributed by atoms with Gasteiger partial charge in [-0.2, -0.15) is 0 Å². The lowest BCUT2D eigenvalue weighted by atomic mass is 9.84. The second-order valence-corrected chi connectivity index (χ2v) is 18.4. The highest BCUT2D eigenvalue weighted by molar-refractivity contribution is 7.19. The molecule has 2 aromatic heterocycles. The van der Waals surface area contributed by atoms with Crippen molar-refractivity contribution >= 4 is 72.4 Å². The Balaban J connectivity index is 1.18. The lowest BCUT2D eigenvalue weighted by molar-refractivity contribution is 0.444. The molecule has 1 saturated carbocycles.